The van der Waals surface area contributed by atoms with Crippen LogP contribution in [0.2, 0.25) is 0 Å². The first-order valence-corrected chi connectivity index (χ1v) is 9.96. The van der Waals surface area contributed by atoms with Gasteiger partial charge >= 0.3 is 0 Å². The predicted molar refractivity (Wildman–Crippen MR) is 96.3 cm³/mol. The van der Waals surface area contributed by atoms with Gasteiger partial charge in [0.15, 0.2) is 11.5 Å². The van der Waals surface area contributed by atoms with Crippen molar-refractivity contribution in [2.24, 2.45) is 17.8 Å². The van der Waals surface area contributed by atoms with Crippen molar-refractivity contribution in [1.82, 2.24) is 5.32 Å². The number of rotatable bonds is 3. The van der Waals surface area contributed by atoms with Gasteiger partial charge in [0, 0.05) is 24.2 Å². The zero-order valence-electron chi connectivity index (χ0n) is 15.1. The van der Waals surface area contributed by atoms with Crippen LogP contribution in [0.4, 0.5) is 0 Å². The van der Waals surface area contributed by atoms with E-state index in [0.717, 1.165) is 37.8 Å². The largest absolute Gasteiger partial charge is 0.493 e. The van der Waals surface area contributed by atoms with E-state index in [-0.39, 0.29) is 5.41 Å². The molecule has 136 valence electrons. The fourth-order valence-corrected chi connectivity index (χ4v) is 6.26. The third-order valence-electron chi connectivity index (χ3n) is 7.25. The van der Waals surface area contributed by atoms with Gasteiger partial charge in [-0.05, 0) is 69.0 Å². The molecule has 1 aromatic carbocycles. The summed E-state index contributed by atoms with van der Waals surface area (Å²) in [6, 6.07) is 6.52. The van der Waals surface area contributed by atoms with Crippen molar-refractivity contribution in [3.63, 3.8) is 0 Å². The third kappa shape index (κ3) is 2.26. The normalized spacial score (nSPS) is 39.2. The van der Waals surface area contributed by atoms with Crippen molar-refractivity contribution >= 4 is 0 Å². The average Bonchev–Trinajstić information content (AvgIpc) is 3.27. The zero-order valence-corrected chi connectivity index (χ0v) is 15.1. The highest BCUT2D eigenvalue weighted by Gasteiger charge is 2.61. The van der Waals surface area contributed by atoms with Crippen LogP contribution in [0.1, 0.15) is 37.7 Å². The molecule has 1 spiro atoms. The molecule has 5 rings (SSSR count). The van der Waals surface area contributed by atoms with Gasteiger partial charge in [-0.25, -0.2) is 0 Å². The Hall–Kier alpha value is -1.26. The minimum atomic E-state index is 0.163. The van der Waals surface area contributed by atoms with Gasteiger partial charge in [0.25, 0.3) is 0 Å². The van der Waals surface area contributed by atoms with Crippen LogP contribution in [0.5, 0.6) is 11.5 Å². The Morgan fingerprint density at radius 1 is 1.24 bits per heavy atom. The summed E-state index contributed by atoms with van der Waals surface area (Å²) in [7, 11) is 1.76. The van der Waals surface area contributed by atoms with Gasteiger partial charge < -0.3 is 19.5 Å². The van der Waals surface area contributed by atoms with E-state index < -0.39 is 0 Å². The summed E-state index contributed by atoms with van der Waals surface area (Å²) in [6.07, 6.45) is 6.53. The summed E-state index contributed by atoms with van der Waals surface area (Å²) >= 11 is 0. The quantitative estimate of drug-likeness (QED) is 0.915. The van der Waals surface area contributed by atoms with Gasteiger partial charge in [-0.3, -0.25) is 0 Å². The summed E-state index contributed by atoms with van der Waals surface area (Å²) in [6.45, 7) is 4.09. The van der Waals surface area contributed by atoms with E-state index in [1.807, 2.05) is 6.07 Å². The van der Waals surface area contributed by atoms with E-state index in [1.165, 1.54) is 37.7 Å². The van der Waals surface area contributed by atoms with E-state index >= 15 is 0 Å². The molecule has 5 atom stereocenters. The molecule has 5 unspecified atom stereocenters. The highest BCUT2D eigenvalue weighted by Crippen LogP contribution is 2.60. The number of methoxy groups -OCH3 is 1. The van der Waals surface area contributed by atoms with Crippen molar-refractivity contribution in [2.45, 2.75) is 43.6 Å². The predicted octanol–water partition coefficient (Wildman–Crippen LogP) is 3.14. The minimum Gasteiger partial charge on any atom is -0.493 e. The first-order valence-electron chi connectivity index (χ1n) is 9.96. The molecule has 1 aromatic rings. The molecule has 0 amide bonds. The van der Waals surface area contributed by atoms with Crippen molar-refractivity contribution in [2.75, 3.05) is 33.4 Å². The molecular formula is C21H29NO3. The zero-order chi connectivity index (χ0) is 16.9. The first-order chi connectivity index (χ1) is 12.3. The number of para-hydroxylation sites is 1. The van der Waals surface area contributed by atoms with Gasteiger partial charge in [0.05, 0.1) is 7.11 Å². The summed E-state index contributed by atoms with van der Waals surface area (Å²) in [5, 5.41) is 3.75. The second-order valence-corrected chi connectivity index (χ2v) is 8.32. The third-order valence-corrected chi connectivity index (χ3v) is 7.25. The van der Waals surface area contributed by atoms with Crippen LogP contribution < -0.4 is 14.8 Å². The fraction of sp³-hybridized carbons (Fsp3) is 0.714. The molecule has 0 bridgehead atoms. The Kier molecular flexibility index (Phi) is 3.94. The van der Waals surface area contributed by atoms with Gasteiger partial charge in [0.2, 0.25) is 0 Å². The molecule has 4 heteroatoms. The molecule has 3 aliphatic heterocycles. The lowest BCUT2D eigenvalue weighted by molar-refractivity contribution is -0.0167. The van der Waals surface area contributed by atoms with Crippen molar-refractivity contribution in [1.29, 1.82) is 0 Å². The van der Waals surface area contributed by atoms with Crippen LogP contribution in [0, 0.1) is 17.8 Å². The number of piperidine rings is 1. The Bertz CT molecular complexity index is 640. The standard InChI is InChI=1S/C21H29NO3/c1-23-18-6-3-5-17-20(18)25-19-7-2-4-15-11-22-12-16(21(15,17)19)10-14-8-9-24-13-14/h3,5-6,14-16,19,22H,2,4,7-13H2,1H3. The molecule has 2 saturated heterocycles. The topological polar surface area (TPSA) is 39.7 Å². The summed E-state index contributed by atoms with van der Waals surface area (Å²) in [5.41, 5.74) is 1.59. The number of benzene rings is 1. The van der Waals surface area contributed by atoms with E-state index in [1.54, 1.807) is 7.11 Å². The molecule has 0 radical (unpaired) electrons. The summed E-state index contributed by atoms with van der Waals surface area (Å²) in [4.78, 5) is 0. The molecule has 3 heterocycles. The molecule has 4 aliphatic rings. The monoisotopic (exact) mass is 343 g/mol. The van der Waals surface area contributed by atoms with Crippen LogP contribution in [0.3, 0.4) is 0 Å². The average molecular weight is 343 g/mol. The minimum absolute atomic E-state index is 0.163. The molecular weight excluding hydrogens is 314 g/mol. The molecule has 1 N–H and O–H groups in total. The molecule has 25 heavy (non-hydrogen) atoms. The lowest BCUT2D eigenvalue weighted by Gasteiger charge is -2.53. The number of hydrogen-bond donors (Lipinski definition) is 1. The first kappa shape index (κ1) is 16.0. The number of hydrogen-bond acceptors (Lipinski definition) is 4. The molecule has 4 nitrogen and oxygen atoms in total. The smallest absolute Gasteiger partial charge is 0.165 e. The summed E-state index contributed by atoms with van der Waals surface area (Å²) in [5.74, 6) is 3.92. The van der Waals surface area contributed by atoms with E-state index in [0.29, 0.717) is 23.9 Å². The number of fused-ring (bicyclic) bond motifs is 1. The lowest BCUT2D eigenvalue weighted by Crippen LogP contribution is -2.61. The highest BCUT2D eigenvalue weighted by molar-refractivity contribution is 5.55. The van der Waals surface area contributed by atoms with E-state index in [4.69, 9.17) is 14.2 Å². The van der Waals surface area contributed by atoms with Gasteiger partial charge in [0.1, 0.15) is 6.10 Å². The molecule has 0 aromatic heterocycles. The van der Waals surface area contributed by atoms with E-state index in [2.05, 4.69) is 17.4 Å². The second-order valence-electron chi connectivity index (χ2n) is 8.32. The highest BCUT2D eigenvalue weighted by atomic mass is 16.5. The van der Waals surface area contributed by atoms with Crippen LogP contribution >= 0.6 is 0 Å². The Labute approximate surface area is 150 Å². The fourth-order valence-electron chi connectivity index (χ4n) is 6.26. The van der Waals surface area contributed by atoms with Gasteiger partial charge in [-0.2, -0.15) is 0 Å². The van der Waals surface area contributed by atoms with Crippen molar-refractivity contribution in [3.8, 4) is 11.5 Å². The van der Waals surface area contributed by atoms with Gasteiger partial charge in [-0.15, -0.1) is 0 Å². The van der Waals surface area contributed by atoms with Gasteiger partial charge in [-0.1, -0.05) is 12.1 Å². The number of ether oxygens (including phenoxy) is 3. The summed E-state index contributed by atoms with van der Waals surface area (Å²) < 4.78 is 17.9. The maximum Gasteiger partial charge on any atom is 0.165 e. The van der Waals surface area contributed by atoms with Crippen LogP contribution in [0.25, 0.3) is 0 Å². The Balaban J connectivity index is 1.60. The van der Waals surface area contributed by atoms with Crippen LogP contribution in [-0.2, 0) is 10.2 Å². The number of nitrogens with one attached hydrogen (secondary N) is 1. The van der Waals surface area contributed by atoms with Crippen molar-refractivity contribution in [3.05, 3.63) is 23.8 Å². The van der Waals surface area contributed by atoms with Crippen molar-refractivity contribution < 1.29 is 14.2 Å². The molecule has 1 saturated carbocycles. The van der Waals surface area contributed by atoms with Crippen LogP contribution in [-0.4, -0.2) is 39.5 Å². The molecule has 1 aliphatic carbocycles. The second kappa shape index (κ2) is 6.17. The SMILES string of the molecule is COc1cccc2c1OC1CCCC3CNCC(CC4CCOC4)C231. The maximum absolute atomic E-state index is 6.60. The lowest BCUT2D eigenvalue weighted by atomic mass is 9.53. The Morgan fingerprint density at radius 2 is 2.20 bits per heavy atom. The Morgan fingerprint density at radius 3 is 3.04 bits per heavy atom. The van der Waals surface area contributed by atoms with E-state index in [9.17, 15) is 0 Å². The maximum atomic E-state index is 6.60. The van der Waals surface area contributed by atoms with Crippen LogP contribution in [0.15, 0.2) is 18.2 Å². The molecule has 3 fully saturated rings.